The van der Waals surface area contributed by atoms with Crippen molar-refractivity contribution in [2.75, 3.05) is 5.75 Å². The standard InChI is InChI=1S/C21H27N3OS/c1-12(21-22-17-4-2-3-5-18(17)23-21)26-11-19(25)24-20-15-7-13-6-14(9-15)10-16(20)8-13/h2-5,12-16,20H,6-11H2,1H3,(H,22,23)(H,24,25). The van der Waals surface area contributed by atoms with Crippen molar-refractivity contribution in [2.45, 2.75) is 50.3 Å². The fraction of sp³-hybridized carbons (Fsp3) is 0.619. The minimum atomic E-state index is 0.187. The maximum atomic E-state index is 12.6. The van der Waals surface area contributed by atoms with Crippen molar-refractivity contribution >= 4 is 28.7 Å². The van der Waals surface area contributed by atoms with Crippen molar-refractivity contribution < 1.29 is 4.79 Å². The maximum absolute atomic E-state index is 12.6. The monoisotopic (exact) mass is 369 g/mol. The third-order valence-corrected chi connectivity index (χ3v) is 7.96. The fourth-order valence-electron chi connectivity index (χ4n) is 5.83. The van der Waals surface area contributed by atoms with E-state index in [1.165, 1.54) is 32.1 Å². The Morgan fingerprint density at radius 3 is 2.58 bits per heavy atom. The number of nitrogens with zero attached hydrogens (tertiary/aromatic N) is 1. The fourth-order valence-corrected chi connectivity index (χ4v) is 6.59. The quantitative estimate of drug-likeness (QED) is 0.826. The Kier molecular flexibility index (Phi) is 4.23. The molecule has 1 aromatic carbocycles. The van der Waals surface area contributed by atoms with E-state index in [2.05, 4.69) is 22.2 Å². The number of carbonyl (C=O) groups excluding carboxylic acids is 1. The largest absolute Gasteiger partial charge is 0.352 e. The van der Waals surface area contributed by atoms with Crippen molar-refractivity contribution in [2.24, 2.45) is 23.7 Å². The number of nitrogens with one attached hydrogen (secondary N) is 2. The van der Waals surface area contributed by atoms with Crippen LogP contribution in [-0.2, 0) is 4.79 Å². The Labute approximate surface area is 158 Å². The maximum Gasteiger partial charge on any atom is 0.230 e. The molecule has 1 heterocycles. The molecule has 4 aliphatic rings. The number of imidazole rings is 1. The molecule has 26 heavy (non-hydrogen) atoms. The summed E-state index contributed by atoms with van der Waals surface area (Å²) in [6.07, 6.45) is 6.85. The van der Waals surface area contributed by atoms with Crippen LogP contribution in [0.2, 0.25) is 0 Å². The minimum Gasteiger partial charge on any atom is -0.352 e. The van der Waals surface area contributed by atoms with Crippen LogP contribution in [-0.4, -0.2) is 27.7 Å². The topological polar surface area (TPSA) is 57.8 Å². The third-order valence-electron chi connectivity index (χ3n) is 6.81. The van der Waals surface area contributed by atoms with Crippen LogP contribution < -0.4 is 5.32 Å². The van der Waals surface area contributed by atoms with Gasteiger partial charge in [0.1, 0.15) is 5.82 Å². The number of fused-ring (bicyclic) bond motifs is 1. The van der Waals surface area contributed by atoms with Crippen molar-refractivity contribution in [1.82, 2.24) is 15.3 Å². The molecule has 5 heteroatoms. The highest BCUT2D eigenvalue weighted by molar-refractivity contribution is 8.00. The number of rotatable bonds is 5. The Hall–Kier alpha value is -1.49. The van der Waals surface area contributed by atoms with Crippen LogP contribution in [0.4, 0.5) is 0 Å². The Morgan fingerprint density at radius 2 is 1.88 bits per heavy atom. The average Bonchev–Trinajstić information content (AvgIpc) is 3.06. The molecule has 2 aromatic rings. The summed E-state index contributed by atoms with van der Waals surface area (Å²) < 4.78 is 0. The summed E-state index contributed by atoms with van der Waals surface area (Å²) in [5.74, 6) is 5.07. The first-order valence-corrected chi connectivity index (χ1v) is 11.1. The van der Waals surface area contributed by atoms with Gasteiger partial charge >= 0.3 is 0 Å². The summed E-state index contributed by atoms with van der Waals surface area (Å²) in [6.45, 7) is 2.12. The Morgan fingerprint density at radius 1 is 1.19 bits per heavy atom. The molecule has 4 bridgehead atoms. The number of thioether (sulfide) groups is 1. The number of aromatic nitrogens is 2. The van der Waals surface area contributed by atoms with Gasteiger partial charge in [-0.2, -0.15) is 0 Å². The van der Waals surface area contributed by atoms with Crippen LogP contribution in [0.1, 0.15) is 50.1 Å². The van der Waals surface area contributed by atoms with Gasteiger partial charge in [0.2, 0.25) is 5.91 Å². The van der Waals surface area contributed by atoms with E-state index < -0.39 is 0 Å². The zero-order valence-corrected chi connectivity index (χ0v) is 16.1. The second-order valence-electron chi connectivity index (χ2n) is 8.62. The molecule has 0 aliphatic heterocycles. The van der Waals surface area contributed by atoms with Gasteiger partial charge in [-0.05, 0) is 74.8 Å². The third kappa shape index (κ3) is 3.04. The minimum absolute atomic E-state index is 0.187. The van der Waals surface area contributed by atoms with Crippen LogP contribution in [0.25, 0.3) is 11.0 Å². The number of para-hydroxylation sites is 2. The van der Waals surface area contributed by atoms with Crippen LogP contribution in [0.15, 0.2) is 24.3 Å². The Balaban J connectivity index is 1.17. The predicted octanol–water partition coefficient (Wildman–Crippen LogP) is 4.30. The number of hydrogen-bond donors (Lipinski definition) is 2. The van der Waals surface area contributed by atoms with E-state index in [0.717, 1.165) is 40.5 Å². The molecule has 0 saturated heterocycles. The summed E-state index contributed by atoms with van der Waals surface area (Å²) in [6, 6.07) is 8.52. The first-order chi connectivity index (χ1) is 12.7. The van der Waals surface area contributed by atoms with Crippen molar-refractivity contribution in [3.05, 3.63) is 30.1 Å². The number of aromatic amines is 1. The lowest BCUT2D eigenvalue weighted by Gasteiger charge is -2.54. The predicted molar refractivity (Wildman–Crippen MR) is 106 cm³/mol. The number of carbonyl (C=O) groups is 1. The molecule has 0 radical (unpaired) electrons. The molecular formula is C21H27N3OS. The molecule has 4 nitrogen and oxygen atoms in total. The van der Waals surface area contributed by atoms with Gasteiger partial charge in [0.15, 0.2) is 0 Å². The molecule has 4 aliphatic carbocycles. The van der Waals surface area contributed by atoms with E-state index in [0.29, 0.717) is 11.8 Å². The molecule has 1 unspecified atom stereocenters. The second kappa shape index (κ2) is 6.59. The lowest BCUT2D eigenvalue weighted by molar-refractivity contribution is -0.122. The Bertz CT molecular complexity index is 755. The van der Waals surface area contributed by atoms with Crippen LogP contribution in [0.5, 0.6) is 0 Å². The first kappa shape index (κ1) is 16.7. The van der Waals surface area contributed by atoms with E-state index in [1.54, 1.807) is 11.8 Å². The second-order valence-corrected chi connectivity index (χ2v) is 9.95. The molecule has 4 fully saturated rings. The van der Waals surface area contributed by atoms with E-state index in [-0.39, 0.29) is 11.2 Å². The van der Waals surface area contributed by atoms with E-state index in [1.807, 2.05) is 24.3 Å². The summed E-state index contributed by atoms with van der Waals surface area (Å²) in [5.41, 5.74) is 2.06. The highest BCUT2D eigenvalue weighted by Gasteiger charge is 2.48. The van der Waals surface area contributed by atoms with Gasteiger partial charge in [-0.3, -0.25) is 4.79 Å². The van der Waals surface area contributed by atoms with Gasteiger partial charge in [0.25, 0.3) is 0 Å². The van der Waals surface area contributed by atoms with Gasteiger partial charge in [-0.25, -0.2) is 4.98 Å². The SMILES string of the molecule is CC(SCC(=O)NC1C2CC3CC(C2)CC1C3)c1nc2ccccc2[nH]1. The van der Waals surface area contributed by atoms with Gasteiger partial charge in [-0.15, -0.1) is 11.8 Å². The highest BCUT2D eigenvalue weighted by Crippen LogP contribution is 2.53. The summed E-state index contributed by atoms with van der Waals surface area (Å²) >= 11 is 1.67. The number of amides is 1. The van der Waals surface area contributed by atoms with E-state index >= 15 is 0 Å². The molecule has 0 spiro atoms. The zero-order valence-electron chi connectivity index (χ0n) is 15.3. The lowest BCUT2D eigenvalue weighted by atomic mass is 9.54. The van der Waals surface area contributed by atoms with E-state index in [4.69, 9.17) is 0 Å². The zero-order chi connectivity index (χ0) is 17.7. The van der Waals surface area contributed by atoms with Crippen molar-refractivity contribution in [3.63, 3.8) is 0 Å². The summed E-state index contributed by atoms with van der Waals surface area (Å²) in [4.78, 5) is 20.6. The molecule has 1 amide bonds. The molecule has 138 valence electrons. The normalized spacial score (nSPS) is 33.5. The average molecular weight is 370 g/mol. The summed E-state index contributed by atoms with van der Waals surface area (Å²) in [7, 11) is 0. The number of benzene rings is 1. The highest BCUT2D eigenvalue weighted by atomic mass is 32.2. The van der Waals surface area contributed by atoms with Gasteiger partial charge in [0, 0.05) is 6.04 Å². The van der Waals surface area contributed by atoms with Gasteiger partial charge < -0.3 is 10.3 Å². The van der Waals surface area contributed by atoms with Crippen molar-refractivity contribution in [1.29, 1.82) is 0 Å². The number of H-pyrrole nitrogens is 1. The molecular weight excluding hydrogens is 342 g/mol. The smallest absolute Gasteiger partial charge is 0.230 e. The molecule has 1 aromatic heterocycles. The van der Waals surface area contributed by atoms with Gasteiger partial charge in [0.05, 0.1) is 22.0 Å². The number of hydrogen-bond acceptors (Lipinski definition) is 3. The molecule has 1 atom stereocenters. The molecule has 2 N–H and O–H groups in total. The van der Waals surface area contributed by atoms with Crippen LogP contribution in [0.3, 0.4) is 0 Å². The lowest BCUT2D eigenvalue weighted by Crippen LogP contribution is -2.56. The molecule has 6 rings (SSSR count). The van der Waals surface area contributed by atoms with Crippen LogP contribution in [0, 0.1) is 23.7 Å². The van der Waals surface area contributed by atoms with E-state index in [9.17, 15) is 4.79 Å². The van der Waals surface area contributed by atoms with Crippen LogP contribution >= 0.6 is 11.8 Å². The van der Waals surface area contributed by atoms with Crippen molar-refractivity contribution in [3.8, 4) is 0 Å². The van der Waals surface area contributed by atoms with Gasteiger partial charge in [-0.1, -0.05) is 12.1 Å². The summed E-state index contributed by atoms with van der Waals surface area (Å²) in [5, 5.41) is 3.59. The first-order valence-electron chi connectivity index (χ1n) is 10.0. The molecule has 4 saturated carbocycles.